The number of nitrogens with zero attached hydrogens (tertiary/aromatic N) is 2. The molecule has 1 heterocycles. The van der Waals surface area contributed by atoms with Gasteiger partial charge in [-0.15, -0.1) is 0 Å². The summed E-state index contributed by atoms with van der Waals surface area (Å²) in [4.78, 5) is 4.41. The van der Waals surface area contributed by atoms with Gasteiger partial charge in [-0.1, -0.05) is 30.8 Å². The lowest BCUT2D eigenvalue weighted by Crippen LogP contribution is -2.29. The van der Waals surface area contributed by atoms with Crippen molar-refractivity contribution in [3.63, 3.8) is 0 Å². The number of hydrogen-bond acceptors (Lipinski definition) is 3. The number of sulfonamides is 1. The van der Waals surface area contributed by atoms with Crippen molar-refractivity contribution in [3.05, 3.63) is 72.7 Å². The van der Waals surface area contributed by atoms with Gasteiger partial charge in [0.15, 0.2) is 0 Å². The maximum atomic E-state index is 12.6. The van der Waals surface area contributed by atoms with E-state index in [9.17, 15) is 8.42 Å². The fourth-order valence-corrected chi connectivity index (χ4v) is 3.25. The van der Waals surface area contributed by atoms with E-state index < -0.39 is 10.0 Å². The minimum atomic E-state index is -3.60. The highest BCUT2D eigenvalue weighted by Gasteiger charge is 2.24. The van der Waals surface area contributed by atoms with Crippen LogP contribution in [0.1, 0.15) is 12.6 Å². The van der Waals surface area contributed by atoms with Crippen LogP contribution in [0.15, 0.2) is 71.9 Å². The first-order valence-electron chi connectivity index (χ1n) is 6.15. The van der Waals surface area contributed by atoms with Crippen LogP contribution in [0.5, 0.6) is 0 Å². The molecule has 0 bridgehead atoms. The van der Waals surface area contributed by atoms with Gasteiger partial charge in [-0.05, 0) is 31.2 Å². The molecule has 104 valence electrons. The SMILES string of the molecule is C=C(C)N(Cc1ccccn1)S(=O)(=O)c1ccccc1. The minimum absolute atomic E-state index is 0.174. The predicted octanol–water partition coefficient (Wildman–Crippen LogP) is 2.81. The van der Waals surface area contributed by atoms with Crippen LogP contribution in [-0.4, -0.2) is 17.7 Å². The molecular weight excluding hydrogens is 272 g/mol. The highest BCUT2D eigenvalue weighted by atomic mass is 32.2. The molecule has 1 aromatic carbocycles. The molecule has 0 aliphatic heterocycles. The molecule has 0 N–H and O–H groups in total. The summed E-state index contributed by atoms with van der Waals surface area (Å²) in [6, 6.07) is 13.7. The van der Waals surface area contributed by atoms with E-state index in [0.717, 1.165) is 0 Å². The average Bonchev–Trinajstić information content (AvgIpc) is 2.46. The zero-order chi connectivity index (χ0) is 14.6. The van der Waals surface area contributed by atoms with Crippen LogP contribution in [0.2, 0.25) is 0 Å². The Balaban J connectivity index is 2.37. The third-order valence-electron chi connectivity index (χ3n) is 2.79. The fraction of sp³-hybridized carbons (Fsp3) is 0.133. The summed E-state index contributed by atoms with van der Waals surface area (Å²) in [6.45, 7) is 5.61. The number of hydrogen-bond donors (Lipinski definition) is 0. The second-order valence-corrected chi connectivity index (χ2v) is 6.24. The number of benzene rings is 1. The standard InChI is InChI=1S/C15H16N2O2S/c1-13(2)17(12-14-8-6-7-11-16-14)20(18,19)15-9-4-3-5-10-15/h3-11H,1,12H2,2H3. The molecule has 5 heteroatoms. The van der Waals surface area contributed by atoms with E-state index in [1.54, 1.807) is 55.6 Å². The zero-order valence-corrected chi connectivity index (χ0v) is 12.0. The Morgan fingerprint density at radius 1 is 1.15 bits per heavy atom. The molecule has 0 radical (unpaired) electrons. The van der Waals surface area contributed by atoms with Gasteiger partial charge in [0.05, 0.1) is 17.1 Å². The largest absolute Gasteiger partial charge is 0.265 e. The van der Waals surface area contributed by atoms with Crippen LogP contribution >= 0.6 is 0 Å². The van der Waals surface area contributed by atoms with Crippen molar-refractivity contribution in [2.75, 3.05) is 0 Å². The average molecular weight is 288 g/mol. The number of pyridine rings is 1. The Morgan fingerprint density at radius 2 is 1.80 bits per heavy atom. The summed E-state index contributed by atoms with van der Waals surface area (Å²) in [7, 11) is -3.60. The van der Waals surface area contributed by atoms with E-state index in [1.807, 2.05) is 6.07 Å². The van der Waals surface area contributed by atoms with Crippen LogP contribution in [0.3, 0.4) is 0 Å². The third-order valence-corrected chi connectivity index (χ3v) is 4.68. The van der Waals surface area contributed by atoms with E-state index in [-0.39, 0.29) is 11.4 Å². The molecule has 0 aliphatic carbocycles. The summed E-state index contributed by atoms with van der Waals surface area (Å²) >= 11 is 0. The first-order chi connectivity index (χ1) is 9.51. The Bertz CT molecular complexity index is 682. The monoisotopic (exact) mass is 288 g/mol. The van der Waals surface area contributed by atoms with Crippen molar-refractivity contribution in [2.24, 2.45) is 0 Å². The molecule has 0 saturated heterocycles. The Labute approximate surface area is 119 Å². The molecule has 2 rings (SSSR count). The first-order valence-corrected chi connectivity index (χ1v) is 7.59. The van der Waals surface area contributed by atoms with Gasteiger partial charge in [0.1, 0.15) is 0 Å². The fourth-order valence-electron chi connectivity index (χ4n) is 1.78. The van der Waals surface area contributed by atoms with Crippen LogP contribution < -0.4 is 0 Å². The lowest BCUT2D eigenvalue weighted by Gasteiger charge is -2.24. The Morgan fingerprint density at radius 3 is 2.35 bits per heavy atom. The van der Waals surface area contributed by atoms with Crippen LogP contribution in [0, 0.1) is 0 Å². The lowest BCUT2D eigenvalue weighted by atomic mass is 10.3. The van der Waals surface area contributed by atoms with Gasteiger partial charge in [0.25, 0.3) is 10.0 Å². The number of aromatic nitrogens is 1. The van der Waals surface area contributed by atoms with Gasteiger partial charge in [-0.3, -0.25) is 9.29 Å². The second-order valence-electron chi connectivity index (χ2n) is 4.38. The molecule has 0 unspecified atom stereocenters. The molecule has 0 spiro atoms. The molecule has 0 saturated carbocycles. The summed E-state index contributed by atoms with van der Waals surface area (Å²) < 4.78 is 26.5. The smallest absolute Gasteiger partial charge is 0.264 e. The van der Waals surface area contributed by atoms with E-state index in [4.69, 9.17) is 0 Å². The van der Waals surface area contributed by atoms with Crippen molar-refractivity contribution in [3.8, 4) is 0 Å². The van der Waals surface area contributed by atoms with E-state index in [0.29, 0.717) is 11.4 Å². The normalized spacial score (nSPS) is 11.1. The molecule has 1 aromatic heterocycles. The van der Waals surface area contributed by atoms with Gasteiger partial charge in [-0.2, -0.15) is 0 Å². The van der Waals surface area contributed by atoms with Crippen molar-refractivity contribution < 1.29 is 8.42 Å². The van der Waals surface area contributed by atoms with Gasteiger partial charge >= 0.3 is 0 Å². The van der Waals surface area contributed by atoms with E-state index in [2.05, 4.69) is 11.6 Å². The Hall–Kier alpha value is -2.14. The van der Waals surface area contributed by atoms with E-state index in [1.165, 1.54) is 4.31 Å². The Kier molecular flexibility index (Phi) is 4.20. The van der Waals surface area contributed by atoms with Gasteiger partial charge < -0.3 is 0 Å². The predicted molar refractivity (Wildman–Crippen MR) is 78.2 cm³/mol. The zero-order valence-electron chi connectivity index (χ0n) is 11.2. The van der Waals surface area contributed by atoms with E-state index >= 15 is 0 Å². The van der Waals surface area contributed by atoms with Gasteiger partial charge in [0.2, 0.25) is 0 Å². The molecule has 20 heavy (non-hydrogen) atoms. The maximum Gasteiger partial charge on any atom is 0.264 e. The van der Waals surface area contributed by atoms with Crippen molar-refractivity contribution in [1.29, 1.82) is 0 Å². The van der Waals surface area contributed by atoms with Crippen molar-refractivity contribution in [1.82, 2.24) is 9.29 Å². The van der Waals surface area contributed by atoms with Crippen molar-refractivity contribution >= 4 is 10.0 Å². The number of allylic oxidation sites excluding steroid dienone is 1. The quantitative estimate of drug-likeness (QED) is 0.850. The lowest BCUT2D eigenvalue weighted by molar-refractivity contribution is 0.469. The summed E-state index contributed by atoms with van der Waals surface area (Å²) in [5.41, 5.74) is 1.13. The van der Waals surface area contributed by atoms with Gasteiger partial charge in [-0.25, -0.2) is 8.42 Å². The topological polar surface area (TPSA) is 50.3 Å². The summed E-state index contributed by atoms with van der Waals surface area (Å²) in [5.74, 6) is 0. The molecule has 0 fully saturated rings. The molecule has 2 aromatic rings. The minimum Gasteiger partial charge on any atom is -0.265 e. The molecule has 0 amide bonds. The first kappa shape index (κ1) is 14.3. The molecule has 4 nitrogen and oxygen atoms in total. The molecule has 0 aliphatic rings. The maximum absolute atomic E-state index is 12.6. The second kappa shape index (κ2) is 5.88. The highest BCUT2D eigenvalue weighted by Crippen LogP contribution is 2.21. The third kappa shape index (κ3) is 3.05. The van der Waals surface area contributed by atoms with Crippen LogP contribution in [0.25, 0.3) is 0 Å². The van der Waals surface area contributed by atoms with Crippen LogP contribution in [0.4, 0.5) is 0 Å². The van der Waals surface area contributed by atoms with Gasteiger partial charge in [0, 0.05) is 11.9 Å². The molecule has 0 atom stereocenters. The van der Waals surface area contributed by atoms with Crippen molar-refractivity contribution in [2.45, 2.75) is 18.4 Å². The molecular formula is C15H16N2O2S. The number of rotatable bonds is 5. The van der Waals surface area contributed by atoms with Crippen LogP contribution in [-0.2, 0) is 16.6 Å². The summed E-state index contributed by atoms with van der Waals surface area (Å²) in [5, 5.41) is 0. The highest BCUT2D eigenvalue weighted by molar-refractivity contribution is 7.89. The summed E-state index contributed by atoms with van der Waals surface area (Å²) in [6.07, 6.45) is 1.64.